The Labute approximate surface area is 319 Å². The van der Waals surface area contributed by atoms with Crippen molar-refractivity contribution in [1.29, 1.82) is 0 Å². The summed E-state index contributed by atoms with van der Waals surface area (Å²) in [5.74, 6) is 0. The molecule has 0 aliphatic carbocycles. The molecule has 0 heterocycles. The van der Waals surface area contributed by atoms with E-state index in [0.717, 1.165) is 23.8 Å². The average Bonchev–Trinajstić information content (AvgIpc) is 3.19. The summed E-state index contributed by atoms with van der Waals surface area (Å²) in [5, 5.41) is 4.88. The van der Waals surface area contributed by atoms with E-state index < -0.39 is 23.5 Å². The summed E-state index contributed by atoms with van der Waals surface area (Å²) in [4.78, 5) is 14.6. The van der Waals surface area contributed by atoms with Gasteiger partial charge in [-0.05, 0) is 95.3 Å². The van der Waals surface area contributed by atoms with Gasteiger partial charge in [0.1, 0.15) is 6.29 Å². The number of hydrogen-bond donors (Lipinski definition) is 1. The number of fused-ring (bicyclic) bond motifs is 2. The summed E-state index contributed by atoms with van der Waals surface area (Å²) in [5.41, 5.74) is 8.19. The summed E-state index contributed by atoms with van der Waals surface area (Å²) in [7, 11) is 0. The molecule has 290 valence electrons. The van der Waals surface area contributed by atoms with E-state index in [4.69, 9.17) is 5.73 Å². The monoisotopic (exact) mass is 758 g/mol. The molecule has 6 rings (SSSR count). The summed E-state index contributed by atoms with van der Waals surface area (Å²) >= 11 is 0. The SMILES string of the molecule is CC.C[C@@H](N)c1cccc2ccccc12.C[C@@H](N=CCCc1cccc(C(F)(F)F)c1)c1cccc2ccccc12.O=CCCc1cccc(C(F)(F)F)c1. The van der Waals surface area contributed by atoms with Crippen LogP contribution in [0.3, 0.4) is 0 Å². The minimum absolute atomic E-state index is 0.00242. The predicted octanol–water partition coefficient (Wildman–Crippen LogP) is 13.3. The van der Waals surface area contributed by atoms with E-state index in [-0.39, 0.29) is 18.5 Å². The first-order valence-corrected chi connectivity index (χ1v) is 18.3. The van der Waals surface area contributed by atoms with Gasteiger partial charge in [-0.25, -0.2) is 0 Å². The predicted molar refractivity (Wildman–Crippen MR) is 214 cm³/mol. The number of nitrogens with two attached hydrogens (primary N) is 1. The first kappa shape index (κ1) is 44.1. The molecule has 2 N–H and O–H groups in total. The number of hydrogen-bond acceptors (Lipinski definition) is 3. The Hall–Kier alpha value is -5.28. The number of benzene rings is 6. The third-order valence-corrected chi connectivity index (χ3v) is 8.54. The maximum absolute atomic E-state index is 12.8. The number of rotatable bonds is 9. The molecule has 0 bridgehead atoms. The Morgan fingerprint density at radius 2 is 1.00 bits per heavy atom. The van der Waals surface area contributed by atoms with Gasteiger partial charge in [-0.2, -0.15) is 26.3 Å². The van der Waals surface area contributed by atoms with Crippen LogP contribution in [0.25, 0.3) is 21.5 Å². The third-order valence-electron chi connectivity index (χ3n) is 8.54. The van der Waals surface area contributed by atoms with Crippen molar-refractivity contribution in [3.05, 3.63) is 167 Å². The number of aldehydes is 1. The van der Waals surface area contributed by atoms with E-state index in [0.29, 0.717) is 36.7 Å². The largest absolute Gasteiger partial charge is 0.416 e. The Kier molecular flexibility index (Phi) is 17.3. The van der Waals surface area contributed by atoms with Crippen molar-refractivity contribution >= 4 is 34.0 Å². The normalized spacial score (nSPS) is 12.4. The number of alkyl halides is 6. The molecule has 0 spiro atoms. The van der Waals surface area contributed by atoms with Gasteiger partial charge < -0.3 is 10.5 Å². The van der Waals surface area contributed by atoms with Crippen molar-refractivity contribution in [2.24, 2.45) is 10.7 Å². The maximum atomic E-state index is 12.8. The van der Waals surface area contributed by atoms with E-state index in [1.807, 2.05) is 64.2 Å². The second-order valence-corrected chi connectivity index (χ2v) is 12.6. The Balaban J connectivity index is 0.000000236. The molecule has 0 aliphatic heterocycles. The Bertz CT molecular complexity index is 2090. The highest BCUT2D eigenvalue weighted by Gasteiger charge is 2.31. The fourth-order valence-corrected chi connectivity index (χ4v) is 5.84. The molecule has 0 fully saturated rings. The smallest absolute Gasteiger partial charge is 0.324 e. The van der Waals surface area contributed by atoms with Crippen molar-refractivity contribution in [3.63, 3.8) is 0 Å². The topological polar surface area (TPSA) is 55.4 Å². The number of aliphatic imine (C=N–C) groups is 1. The van der Waals surface area contributed by atoms with Gasteiger partial charge in [-0.3, -0.25) is 4.99 Å². The average molecular weight is 759 g/mol. The maximum Gasteiger partial charge on any atom is 0.416 e. The summed E-state index contributed by atoms with van der Waals surface area (Å²) < 4.78 is 74.9. The standard InChI is InChI=1S/C22H20F3N.C12H13N.C10H9F3O.C2H6/c1-16(20-13-5-10-18-9-2-3-12-21(18)20)26-14-6-8-17-7-4-11-19(15-17)22(23,24)25;1-9(13)11-8-4-6-10-5-2-3-7-12(10)11;11-10(12,13)9-5-1-3-8(7-9)4-2-6-14;1-2/h2-5,7,9-16H,6,8H2,1H3;2-9H,13H2,1H3;1,3,5-7H,2,4H2;1-2H3/t16-;9-;;/m11../s1. The molecule has 2 atom stereocenters. The van der Waals surface area contributed by atoms with Crippen LogP contribution >= 0.6 is 0 Å². The van der Waals surface area contributed by atoms with Crippen molar-refractivity contribution < 1.29 is 31.1 Å². The molecule has 6 aromatic carbocycles. The second kappa shape index (κ2) is 21.6. The number of carbonyl (C=O) groups excluding carboxylic acids is 1. The molecule has 55 heavy (non-hydrogen) atoms. The zero-order valence-electron chi connectivity index (χ0n) is 31.5. The van der Waals surface area contributed by atoms with Crippen LogP contribution < -0.4 is 5.73 Å². The zero-order chi connectivity index (χ0) is 40.4. The van der Waals surface area contributed by atoms with E-state index >= 15 is 0 Å². The van der Waals surface area contributed by atoms with Gasteiger partial charge >= 0.3 is 12.4 Å². The molecule has 0 aromatic heterocycles. The van der Waals surface area contributed by atoms with Crippen LogP contribution in [0.15, 0.2) is 138 Å². The van der Waals surface area contributed by atoms with Crippen LogP contribution in [-0.2, 0) is 30.0 Å². The van der Waals surface area contributed by atoms with Gasteiger partial charge in [0.25, 0.3) is 0 Å². The molecule has 0 saturated carbocycles. The highest BCUT2D eigenvalue weighted by molar-refractivity contribution is 5.87. The number of aryl methyl sites for hydroxylation is 2. The van der Waals surface area contributed by atoms with Crippen molar-refractivity contribution in [2.75, 3.05) is 0 Å². The molecular formula is C46H48F6N2O. The highest BCUT2D eigenvalue weighted by atomic mass is 19.4. The van der Waals surface area contributed by atoms with Gasteiger partial charge in [0.05, 0.1) is 17.2 Å². The van der Waals surface area contributed by atoms with Gasteiger partial charge in [-0.15, -0.1) is 0 Å². The molecule has 6 aromatic rings. The quantitative estimate of drug-likeness (QED) is 0.0907. The fraction of sp³-hybridized carbons (Fsp3) is 0.261. The lowest BCUT2D eigenvalue weighted by Gasteiger charge is -2.11. The minimum atomic E-state index is -4.31. The van der Waals surface area contributed by atoms with Crippen LogP contribution in [0.2, 0.25) is 0 Å². The van der Waals surface area contributed by atoms with Crippen LogP contribution in [0.5, 0.6) is 0 Å². The van der Waals surface area contributed by atoms with Crippen molar-refractivity contribution in [2.45, 2.75) is 77.8 Å². The van der Waals surface area contributed by atoms with Crippen LogP contribution in [-0.4, -0.2) is 12.5 Å². The molecule has 0 unspecified atom stereocenters. The molecule has 0 aliphatic rings. The molecule has 0 saturated heterocycles. The van der Waals surface area contributed by atoms with E-state index in [1.165, 1.54) is 45.3 Å². The summed E-state index contributed by atoms with van der Waals surface area (Å²) in [6.45, 7) is 8.05. The number of nitrogens with zero attached hydrogens (tertiary/aromatic N) is 1. The van der Waals surface area contributed by atoms with Gasteiger partial charge in [0.2, 0.25) is 0 Å². The third kappa shape index (κ3) is 13.8. The molecule has 0 radical (unpaired) electrons. The fourth-order valence-electron chi connectivity index (χ4n) is 5.84. The van der Waals surface area contributed by atoms with Gasteiger partial charge in [0.15, 0.2) is 0 Å². The van der Waals surface area contributed by atoms with Crippen LogP contribution in [0.1, 0.15) is 86.0 Å². The second-order valence-electron chi connectivity index (χ2n) is 12.6. The van der Waals surface area contributed by atoms with Crippen molar-refractivity contribution in [1.82, 2.24) is 0 Å². The zero-order valence-corrected chi connectivity index (χ0v) is 31.5. The summed E-state index contributed by atoms with van der Waals surface area (Å²) in [6.07, 6.45) is -4.35. The van der Waals surface area contributed by atoms with E-state index in [2.05, 4.69) is 59.6 Å². The highest BCUT2D eigenvalue weighted by Crippen LogP contribution is 2.31. The van der Waals surface area contributed by atoms with E-state index in [9.17, 15) is 31.1 Å². The number of carbonyl (C=O) groups is 1. The molecule has 3 nitrogen and oxygen atoms in total. The van der Waals surface area contributed by atoms with Crippen molar-refractivity contribution in [3.8, 4) is 0 Å². The molecule has 9 heteroatoms. The molecular weight excluding hydrogens is 711 g/mol. The van der Waals surface area contributed by atoms with Crippen LogP contribution in [0, 0.1) is 0 Å². The summed E-state index contributed by atoms with van der Waals surface area (Å²) in [6, 6.07) is 39.5. The lowest BCUT2D eigenvalue weighted by molar-refractivity contribution is -0.138. The minimum Gasteiger partial charge on any atom is -0.324 e. The lowest BCUT2D eigenvalue weighted by Crippen LogP contribution is -2.05. The van der Waals surface area contributed by atoms with Gasteiger partial charge in [-0.1, -0.05) is 135 Å². The van der Waals surface area contributed by atoms with Crippen LogP contribution in [0.4, 0.5) is 26.3 Å². The Morgan fingerprint density at radius 3 is 1.47 bits per heavy atom. The Morgan fingerprint density at radius 1 is 0.582 bits per heavy atom. The van der Waals surface area contributed by atoms with E-state index in [1.54, 1.807) is 12.1 Å². The first-order chi connectivity index (χ1) is 26.3. The number of halogens is 6. The first-order valence-electron chi connectivity index (χ1n) is 18.3. The molecule has 0 amide bonds. The van der Waals surface area contributed by atoms with Gasteiger partial charge in [0, 0.05) is 12.5 Å². The lowest BCUT2D eigenvalue weighted by atomic mass is 10.00.